The molecule has 5 heteroatoms. The van der Waals surface area contributed by atoms with E-state index >= 15 is 0 Å². The van der Waals surface area contributed by atoms with Gasteiger partial charge < -0.3 is 16.0 Å². The van der Waals surface area contributed by atoms with Gasteiger partial charge in [0.05, 0.1) is 5.54 Å². The number of nitrogens with two attached hydrogens (primary N) is 1. The summed E-state index contributed by atoms with van der Waals surface area (Å²) < 4.78 is 0. The largest absolute Gasteiger partial charge is 0.368 e. The van der Waals surface area contributed by atoms with Gasteiger partial charge in [0.1, 0.15) is 0 Å². The molecule has 0 bridgehead atoms. The summed E-state index contributed by atoms with van der Waals surface area (Å²) >= 11 is 0. The molecule has 3 unspecified atom stereocenters. The summed E-state index contributed by atoms with van der Waals surface area (Å²) in [6.45, 7) is 6.45. The highest BCUT2D eigenvalue weighted by atomic mass is 16.1. The maximum absolute atomic E-state index is 12.0. The molecular formula is C16H32N4O. The van der Waals surface area contributed by atoms with E-state index in [-0.39, 0.29) is 11.9 Å². The number of carbonyl (C=O) groups is 1. The maximum atomic E-state index is 12.0. The minimum absolute atomic E-state index is 0.179. The van der Waals surface area contributed by atoms with Gasteiger partial charge in [-0.15, -0.1) is 0 Å². The number of hydrogen-bond acceptors (Lipinski definition) is 4. The summed E-state index contributed by atoms with van der Waals surface area (Å²) in [7, 11) is 4.28. The Morgan fingerprint density at radius 2 is 2.14 bits per heavy atom. The molecule has 0 spiro atoms. The molecule has 2 fully saturated rings. The highest BCUT2D eigenvalue weighted by Gasteiger charge is 2.47. The summed E-state index contributed by atoms with van der Waals surface area (Å²) in [5.41, 5.74) is 5.23. The molecule has 1 saturated carbocycles. The fourth-order valence-electron chi connectivity index (χ4n) is 4.24. The van der Waals surface area contributed by atoms with Crippen molar-refractivity contribution < 1.29 is 4.79 Å². The normalized spacial score (nSPS) is 34.2. The first-order chi connectivity index (χ1) is 9.84. The Morgan fingerprint density at radius 1 is 1.43 bits per heavy atom. The van der Waals surface area contributed by atoms with Crippen molar-refractivity contribution in [1.29, 1.82) is 0 Å². The van der Waals surface area contributed by atoms with Crippen LogP contribution in [0, 0.1) is 0 Å². The van der Waals surface area contributed by atoms with E-state index in [1.807, 2.05) is 0 Å². The van der Waals surface area contributed by atoms with Crippen LogP contribution >= 0.6 is 0 Å². The first-order valence-electron chi connectivity index (χ1n) is 8.32. The van der Waals surface area contributed by atoms with Gasteiger partial charge in [0, 0.05) is 24.7 Å². The van der Waals surface area contributed by atoms with Gasteiger partial charge in [-0.1, -0.05) is 0 Å². The first kappa shape index (κ1) is 16.7. The van der Waals surface area contributed by atoms with Crippen LogP contribution in [0.15, 0.2) is 0 Å². The molecule has 2 aliphatic rings. The van der Waals surface area contributed by atoms with E-state index in [4.69, 9.17) is 5.73 Å². The number of nitrogens with one attached hydrogen (secondary N) is 1. The molecule has 0 radical (unpaired) electrons. The fourth-order valence-corrected chi connectivity index (χ4v) is 4.24. The van der Waals surface area contributed by atoms with Gasteiger partial charge in [-0.25, -0.2) is 0 Å². The summed E-state index contributed by atoms with van der Waals surface area (Å²) in [6, 6.07) is 1.41. The van der Waals surface area contributed by atoms with E-state index in [9.17, 15) is 4.79 Å². The van der Waals surface area contributed by atoms with Crippen molar-refractivity contribution in [3.05, 3.63) is 0 Å². The van der Waals surface area contributed by atoms with Crippen LogP contribution in [0.2, 0.25) is 0 Å². The van der Waals surface area contributed by atoms with Gasteiger partial charge >= 0.3 is 0 Å². The van der Waals surface area contributed by atoms with Crippen LogP contribution in [-0.2, 0) is 4.79 Å². The predicted molar refractivity (Wildman–Crippen MR) is 86.1 cm³/mol. The van der Waals surface area contributed by atoms with Gasteiger partial charge in [-0.2, -0.15) is 0 Å². The van der Waals surface area contributed by atoms with Gasteiger partial charge in [0.2, 0.25) is 5.91 Å². The number of nitrogens with zero attached hydrogens (tertiary/aromatic N) is 2. The lowest BCUT2D eigenvalue weighted by Gasteiger charge is -2.34. The summed E-state index contributed by atoms with van der Waals surface area (Å²) in [4.78, 5) is 16.9. The van der Waals surface area contributed by atoms with Crippen LogP contribution < -0.4 is 11.1 Å². The zero-order valence-corrected chi connectivity index (χ0v) is 14.1. The lowest BCUT2D eigenvalue weighted by molar-refractivity contribution is -0.124. The standard InChI is InChI=1S/C16H32N4O/c1-12(2)18-16(15(17)21)8-7-13(10-16)20-9-5-6-14(20)11-19(3)4/h12-14,18H,5-11H2,1-4H3,(H2,17,21). The Labute approximate surface area is 129 Å². The van der Waals surface area contributed by atoms with Crippen LogP contribution in [0.25, 0.3) is 0 Å². The van der Waals surface area contributed by atoms with E-state index in [2.05, 4.69) is 43.1 Å². The third-order valence-corrected chi connectivity index (χ3v) is 4.99. The Balaban J connectivity index is 2.04. The van der Waals surface area contributed by atoms with Crippen LogP contribution in [0.1, 0.15) is 46.0 Å². The van der Waals surface area contributed by atoms with Crippen LogP contribution in [0.5, 0.6) is 0 Å². The molecule has 2 rings (SSSR count). The highest BCUT2D eigenvalue weighted by molar-refractivity contribution is 5.85. The quantitative estimate of drug-likeness (QED) is 0.761. The van der Waals surface area contributed by atoms with E-state index in [1.54, 1.807) is 0 Å². The van der Waals surface area contributed by atoms with Crippen molar-refractivity contribution in [3.63, 3.8) is 0 Å². The Bertz CT molecular complexity index is 371. The first-order valence-corrected chi connectivity index (χ1v) is 8.32. The average molecular weight is 296 g/mol. The molecule has 3 N–H and O–H groups in total. The molecular weight excluding hydrogens is 264 g/mol. The van der Waals surface area contributed by atoms with Crippen LogP contribution in [0.3, 0.4) is 0 Å². The van der Waals surface area contributed by atoms with Crippen molar-refractivity contribution in [3.8, 4) is 0 Å². The van der Waals surface area contributed by atoms with Crippen molar-refractivity contribution in [2.24, 2.45) is 5.73 Å². The third kappa shape index (κ3) is 3.76. The predicted octanol–water partition coefficient (Wildman–Crippen LogP) is 0.787. The SMILES string of the molecule is CC(C)NC1(C(N)=O)CCC(N2CCCC2CN(C)C)C1. The molecule has 1 saturated heterocycles. The fraction of sp³-hybridized carbons (Fsp3) is 0.938. The zero-order valence-electron chi connectivity index (χ0n) is 14.1. The molecule has 122 valence electrons. The molecule has 1 aliphatic heterocycles. The number of hydrogen-bond donors (Lipinski definition) is 2. The van der Waals surface area contributed by atoms with E-state index < -0.39 is 5.54 Å². The lowest BCUT2D eigenvalue weighted by Crippen LogP contribution is -2.57. The number of primary amides is 1. The number of carbonyl (C=O) groups excluding carboxylic acids is 1. The Kier molecular flexibility index (Phi) is 5.28. The lowest BCUT2D eigenvalue weighted by atomic mass is 9.95. The van der Waals surface area contributed by atoms with E-state index in [0.717, 1.165) is 25.8 Å². The summed E-state index contributed by atoms with van der Waals surface area (Å²) in [6.07, 6.45) is 5.36. The molecule has 5 nitrogen and oxygen atoms in total. The molecule has 0 aromatic heterocycles. The minimum atomic E-state index is -0.496. The number of rotatable bonds is 6. The zero-order chi connectivity index (χ0) is 15.6. The summed E-state index contributed by atoms with van der Waals surface area (Å²) in [5, 5.41) is 3.45. The molecule has 1 aliphatic carbocycles. The van der Waals surface area contributed by atoms with Gasteiger partial charge in [-0.3, -0.25) is 9.69 Å². The molecule has 0 aromatic carbocycles. The molecule has 3 atom stereocenters. The van der Waals surface area contributed by atoms with Crippen LogP contribution in [-0.4, -0.2) is 66.6 Å². The number of likely N-dealkylation sites (N-methyl/N-ethyl adjacent to an activating group) is 1. The molecule has 0 aromatic rings. The smallest absolute Gasteiger partial charge is 0.237 e. The van der Waals surface area contributed by atoms with E-state index in [1.165, 1.54) is 19.4 Å². The second-order valence-corrected chi connectivity index (χ2v) is 7.44. The van der Waals surface area contributed by atoms with Gasteiger partial charge in [0.15, 0.2) is 0 Å². The second kappa shape index (κ2) is 6.63. The topological polar surface area (TPSA) is 61.6 Å². The van der Waals surface area contributed by atoms with Crippen molar-refractivity contribution >= 4 is 5.91 Å². The monoisotopic (exact) mass is 296 g/mol. The molecule has 21 heavy (non-hydrogen) atoms. The van der Waals surface area contributed by atoms with E-state index in [0.29, 0.717) is 12.1 Å². The summed E-state index contributed by atoms with van der Waals surface area (Å²) in [5.74, 6) is -0.179. The van der Waals surface area contributed by atoms with Gasteiger partial charge in [0.25, 0.3) is 0 Å². The average Bonchev–Trinajstić information content (AvgIpc) is 2.95. The number of likely N-dealkylation sites (tertiary alicyclic amines) is 1. The Morgan fingerprint density at radius 3 is 2.71 bits per heavy atom. The van der Waals surface area contributed by atoms with Crippen molar-refractivity contribution in [1.82, 2.24) is 15.1 Å². The maximum Gasteiger partial charge on any atom is 0.237 e. The molecule has 1 heterocycles. The Hall–Kier alpha value is -0.650. The van der Waals surface area contributed by atoms with Crippen LogP contribution in [0.4, 0.5) is 0 Å². The van der Waals surface area contributed by atoms with Crippen molar-refractivity contribution in [2.75, 3.05) is 27.2 Å². The number of amides is 1. The highest BCUT2D eigenvalue weighted by Crippen LogP contribution is 2.36. The van der Waals surface area contributed by atoms with Crippen molar-refractivity contribution in [2.45, 2.75) is 69.6 Å². The molecule has 1 amide bonds. The third-order valence-electron chi connectivity index (χ3n) is 4.99. The van der Waals surface area contributed by atoms with Gasteiger partial charge in [-0.05, 0) is 66.6 Å². The second-order valence-electron chi connectivity index (χ2n) is 7.44. The minimum Gasteiger partial charge on any atom is -0.368 e.